The summed E-state index contributed by atoms with van der Waals surface area (Å²) >= 11 is 0. The molecule has 0 atom stereocenters. The number of hydrogen-bond acceptors (Lipinski definition) is 5. The SMILES string of the molecule is CCOc1n[nH]c(NC(=O)CC(C)(C)OC)n1. The van der Waals surface area contributed by atoms with Crippen LogP contribution in [-0.4, -0.2) is 40.4 Å². The Balaban J connectivity index is 2.50. The smallest absolute Gasteiger partial charge is 0.337 e. The Hall–Kier alpha value is -1.63. The van der Waals surface area contributed by atoms with Crippen LogP contribution >= 0.6 is 0 Å². The van der Waals surface area contributed by atoms with Crippen LogP contribution in [0.3, 0.4) is 0 Å². The Morgan fingerprint density at radius 2 is 2.24 bits per heavy atom. The van der Waals surface area contributed by atoms with Gasteiger partial charge in [0.05, 0.1) is 18.6 Å². The monoisotopic (exact) mass is 242 g/mol. The van der Waals surface area contributed by atoms with Crippen molar-refractivity contribution in [1.82, 2.24) is 15.2 Å². The number of anilines is 1. The van der Waals surface area contributed by atoms with E-state index in [2.05, 4.69) is 20.5 Å². The van der Waals surface area contributed by atoms with Gasteiger partial charge in [0.15, 0.2) is 0 Å². The molecule has 0 aliphatic heterocycles. The van der Waals surface area contributed by atoms with Crippen molar-refractivity contribution in [3.63, 3.8) is 0 Å². The highest BCUT2D eigenvalue weighted by atomic mass is 16.5. The van der Waals surface area contributed by atoms with E-state index in [1.165, 1.54) is 0 Å². The fourth-order valence-corrected chi connectivity index (χ4v) is 1.13. The first-order chi connectivity index (χ1) is 7.96. The van der Waals surface area contributed by atoms with E-state index in [0.717, 1.165) is 0 Å². The number of carbonyl (C=O) groups excluding carboxylic acids is 1. The predicted octanol–water partition coefficient (Wildman–Crippen LogP) is 0.957. The molecular formula is C10H18N4O3. The van der Waals surface area contributed by atoms with E-state index < -0.39 is 5.60 Å². The molecule has 96 valence electrons. The number of carbonyl (C=O) groups is 1. The normalized spacial score (nSPS) is 11.3. The van der Waals surface area contributed by atoms with Gasteiger partial charge in [0.1, 0.15) is 0 Å². The van der Waals surface area contributed by atoms with Crippen molar-refractivity contribution >= 4 is 11.9 Å². The van der Waals surface area contributed by atoms with Gasteiger partial charge in [0, 0.05) is 7.11 Å². The zero-order valence-corrected chi connectivity index (χ0v) is 10.5. The number of aromatic nitrogens is 3. The number of nitrogens with zero attached hydrogens (tertiary/aromatic N) is 2. The minimum absolute atomic E-state index is 0.198. The Bertz CT molecular complexity index is 375. The lowest BCUT2D eigenvalue weighted by Gasteiger charge is -2.21. The van der Waals surface area contributed by atoms with E-state index in [1.807, 2.05) is 20.8 Å². The van der Waals surface area contributed by atoms with Crippen LogP contribution in [0.25, 0.3) is 0 Å². The number of rotatable bonds is 6. The predicted molar refractivity (Wildman–Crippen MR) is 61.9 cm³/mol. The Morgan fingerprint density at radius 1 is 1.53 bits per heavy atom. The molecule has 1 aromatic heterocycles. The van der Waals surface area contributed by atoms with Gasteiger partial charge in [0.25, 0.3) is 0 Å². The summed E-state index contributed by atoms with van der Waals surface area (Å²) in [6.07, 6.45) is 0.230. The molecule has 0 aliphatic carbocycles. The molecule has 0 spiro atoms. The van der Waals surface area contributed by atoms with E-state index in [4.69, 9.17) is 9.47 Å². The van der Waals surface area contributed by atoms with Gasteiger partial charge in [0.2, 0.25) is 11.9 Å². The lowest BCUT2D eigenvalue weighted by Crippen LogP contribution is -2.29. The fraction of sp³-hybridized carbons (Fsp3) is 0.700. The lowest BCUT2D eigenvalue weighted by molar-refractivity contribution is -0.121. The quantitative estimate of drug-likeness (QED) is 0.775. The molecule has 7 heteroatoms. The second-order valence-corrected chi connectivity index (χ2v) is 4.09. The molecule has 0 aliphatic rings. The van der Waals surface area contributed by atoms with Crippen LogP contribution in [0.4, 0.5) is 5.95 Å². The summed E-state index contributed by atoms with van der Waals surface area (Å²) in [5, 5.41) is 8.92. The number of methoxy groups -OCH3 is 1. The highest BCUT2D eigenvalue weighted by molar-refractivity contribution is 5.89. The minimum atomic E-state index is -0.507. The maximum atomic E-state index is 11.6. The van der Waals surface area contributed by atoms with Gasteiger partial charge in [-0.1, -0.05) is 0 Å². The van der Waals surface area contributed by atoms with Crippen LogP contribution in [-0.2, 0) is 9.53 Å². The van der Waals surface area contributed by atoms with Crippen molar-refractivity contribution < 1.29 is 14.3 Å². The average Bonchev–Trinajstić information content (AvgIpc) is 2.65. The van der Waals surface area contributed by atoms with E-state index >= 15 is 0 Å². The van der Waals surface area contributed by atoms with Gasteiger partial charge in [-0.2, -0.15) is 4.98 Å². The first kappa shape index (κ1) is 13.4. The van der Waals surface area contributed by atoms with Crippen LogP contribution < -0.4 is 10.1 Å². The number of aromatic amines is 1. The third kappa shape index (κ3) is 4.39. The maximum Gasteiger partial charge on any atom is 0.337 e. The second-order valence-electron chi connectivity index (χ2n) is 4.09. The highest BCUT2D eigenvalue weighted by Crippen LogP contribution is 2.14. The molecular weight excluding hydrogens is 224 g/mol. The lowest BCUT2D eigenvalue weighted by atomic mass is 10.1. The molecule has 17 heavy (non-hydrogen) atoms. The zero-order valence-electron chi connectivity index (χ0n) is 10.5. The number of H-pyrrole nitrogens is 1. The van der Waals surface area contributed by atoms with Gasteiger partial charge in [-0.3, -0.25) is 10.1 Å². The molecule has 0 saturated heterocycles. The van der Waals surface area contributed by atoms with E-state index in [1.54, 1.807) is 7.11 Å². The first-order valence-electron chi connectivity index (χ1n) is 5.37. The summed E-state index contributed by atoms with van der Waals surface area (Å²) in [7, 11) is 1.56. The van der Waals surface area contributed by atoms with Crippen LogP contribution in [0, 0.1) is 0 Å². The van der Waals surface area contributed by atoms with Gasteiger partial charge in [-0.15, -0.1) is 5.10 Å². The maximum absolute atomic E-state index is 11.6. The summed E-state index contributed by atoms with van der Waals surface area (Å²) in [5.41, 5.74) is -0.507. The molecule has 1 heterocycles. The molecule has 1 aromatic rings. The molecule has 1 rings (SSSR count). The highest BCUT2D eigenvalue weighted by Gasteiger charge is 2.21. The number of hydrogen-bond donors (Lipinski definition) is 2. The first-order valence-corrected chi connectivity index (χ1v) is 5.37. The van der Waals surface area contributed by atoms with E-state index in [-0.39, 0.29) is 24.3 Å². The average molecular weight is 242 g/mol. The molecule has 0 fully saturated rings. The number of nitrogens with one attached hydrogen (secondary N) is 2. The van der Waals surface area contributed by atoms with Crippen molar-refractivity contribution in [3.8, 4) is 6.01 Å². The van der Waals surface area contributed by atoms with Crippen molar-refractivity contribution in [2.24, 2.45) is 0 Å². The molecule has 0 radical (unpaired) electrons. The van der Waals surface area contributed by atoms with Crippen LogP contribution in [0.15, 0.2) is 0 Å². The molecule has 0 aromatic carbocycles. The van der Waals surface area contributed by atoms with Crippen LogP contribution in [0.2, 0.25) is 0 Å². The molecule has 0 unspecified atom stereocenters. The van der Waals surface area contributed by atoms with Crippen molar-refractivity contribution in [2.75, 3.05) is 19.0 Å². The standard InChI is InChI=1S/C10H18N4O3/c1-5-17-9-12-8(13-14-9)11-7(15)6-10(2,3)16-4/h5-6H2,1-4H3,(H2,11,12,13,14,15). The van der Waals surface area contributed by atoms with Crippen molar-refractivity contribution in [3.05, 3.63) is 0 Å². The van der Waals surface area contributed by atoms with Crippen LogP contribution in [0.5, 0.6) is 6.01 Å². The fourth-order valence-electron chi connectivity index (χ4n) is 1.13. The summed E-state index contributed by atoms with van der Waals surface area (Å²) in [6.45, 7) is 5.97. The molecule has 2 N–H and O–H groups in total. The van der Waals surface area contributed by atoms with E-state index in [9.17, 15) is 4.79 Å². The summed E-state index contributed by atoms with van der Waals surface area (Å²) in [6, 6.07) is 0.216. The molecule has 0 bridgehead atoms. The molecule has 0 saturated carbocycles. The van der Waals surface area contributed by atoms with Gasteiger partial charge in [-0.05, 0) is 20.8 Å². The third-order valence-electron chi connectivity index (χ3n) is 2.14. The van der Waals surface area contributed by atoms with Gasteiger partial charge in [-0.25, -0.2) is 5.10 Å². The summed E-state index contributed by atoms with van der Waals surface area (Å²) in [4.78, 5) is 15.6. The number of amides is 1. The van der Waals surface area contributed by atoms with Gasteiger partial charge < -0.3 is 9.47 Å². The largest absolute Gasteiger partial charge is 0.463 e. The topological polar surface area (TPSA) is 89.1 Å². The molecule has 7 nitrogen and oxygen atoms in total. The summed E-state index contributed by atoms with van der Waals surface area (Å²) in [5.74, 6) is 0.0707. The van der Waals surface area contributed by atoms with E-state index in [0.29, 0.717) is 6.61 Å². The Labute approximate surface area is 99.9 Å². The van der Waals surface area contributed by atoms with Crippen molar-refractivity contribution in [2.45, 2.75) is 32.8 Å². The van der Waals surface area contributed by atoms with Crippen LogP contribution in [0.1, 0.15) is 27.2 Å². The Kier molecular flexibility index (Phi) is 4.45. The number of ether oxygens (including phenoxy) is 2. The minimum Gasteiger partial charge on any atom is -0.463 e. The van der Waals surface area contributed by atoms with Gasteiger partial charge >= 0.3 is 6.01 Å². The third-order valence-corrected chi connectivity index (χ3v) is 2.14. The summed E-state index contributed by atoms with van der Waals surface area (Å²) < 4.78 is 10.2. The second kappa shape index (κ2) is 5.62. The van der Waals surface area contributed by atoms with Crippen molar-refractivity contribution in [1.29, 1.82) is 0 Å². The Morgan fingerprint density at radius 3 is 2.82 bits per heavy atom. The zero-order chi connectivity index (χ0) is 12.9. The molecule has 1 amide bonds.